The zero-order valence-corrected chi connectivity index (χ0v) is 9.75. The van der Waals surface area contributed by atoms with E-state index in [4.69, 9.17) is 17.3 Å². The van der Waals surface area contributed by atoms with Crippen LogP contribution < -0.4 is 5.73 Å². The van der Waals surface area contributed by atoms with Gasteiger partial charge in [-0.1, -0.05) is 23.8 Å². The van der Waals surface area contributed by atoms with Crippen molar-refractivity contribution in [3.05, 3.63) is 40.9 Å². The van der Waals surface area contributed by atoms with Crippen molar-refractivity contribution in [1.29, 1.82) is 0 Å². The highest BCUT2D eigenvalue weighted by molar-refractivity contribution is 6.30. The first-order chi connectivity index (χ1) is 6.91. The van der Waals surface area contributed by atoms with Gasteiger partial charge in [0.15, 0.2) is 0 Å². The summed E-state index contributed by atoms with van der Waals surface area (Å²) in [7, 11) is 0. The Labute approximate surface area is 95.4 Å². The molecular weight excluding hydrogens is 210 g/mol. The molecule has 1 aromatic carbocycles. The van der Waals surface area contributed by atoms with Gasteiger partial charge in [-0.2, -0.15) is 0 Å². The minimum Gasteiger partial charge on any atom is -0.387 e. The summed E-state index contributed by atoms with van der Waals surface area (Å²) in [6, 6.07) is 5.09. The molecular formula is C12H16ClNO. The lowest BCUT2D eigenvalue weighted by Gasteiger charge is -2.16. The summed E-state index contributed by atoms with van der Waals surface area (Å²) in [5.41, 5.74) is 8.20. The molecule has 0 heterocycles. The van der Waals surface area contributed by atoms with E-state index in [1.165, 1.54) is 0 Å². The van der Waals surface area contributed by atoms with Gasteiger partial charge in [0.1, 0.15) is 0 Å². The molecule has 0 fully saturated rings. The summed E-state index contributed by atoms with van der Waals surface area (Å²) >= 11 is 5.95. The largest absolute Gasteiger partial charge is 0.387 e. The molecule has 82 valence electrons. The van der Waals surface area contributed by atoms with Crippen LogP contribution in [0.1, 0.15) is 31.1 Å². The number of hydrogen-bond donors (Lipinski definition) is 2. The van der Waals surface area contributed by atoms with Crippen molar-refractivity contribution in [2.45, 2.75) is 26.0 Å². The SMILES string of the molecule is C=C(C)c1cc(Cl)cc(C(O)C(C)N)c1. The van der Waals surface area contributed by atoms with Gasteiger partial charge in [0, 0.05) is 11.1 Å². The topological polar surface area (TPSA) is 46.2 Å². The lowest BCUT2D eigenvalue weighted by Crippen LogP contribution is -2.24. The van der Waals surface area contributed by atoms with Crippen molar-refractivity contribution >= 4 is 17.2 Å². The predicted octanol–water partition coefficient (Wildman–Crippen LogP) is 2.75. The number of allylic oxidation sites excluding steroid dienone is 1. The molecule has 3 heteroatoms. The lowest BCUT2D eigenvalue weighted by molar-refractivity contribution is 0.153. The maximum atomic E-state index is 9.82. The third-order valence-corrected chi connectivity index (χ3v) is 2.47. The van der Waals surface area contributed by atoms with Gasteiger partial charge in [-0.3, -0.25) is 0 Å². The maximum absolute atomic E-state index is 9.82. The third-order valence-electron chi connectivity index (χ3n) is 2.25. The van der Waals surface area contributed by atoms with E-state index in [0.717, 1.165) is 16.7 Å². The summed E-state index contributed by atoms with van der Waals surface area (Å²) in [6.45, 7) is 7.49. The number of hydrogen-bond acceptors (Lipinski definition) is 2. The second-order valence-electron chi connectivity index (χ2n) is 3.86. The van der Waals surface area contributed by atoms with Crippen molar-refractivity contribution in [3.63, 3.8) is 0 Å². The molecule has 1 rings (SSSR count). The van der Waals surface area contributed by atoms with Crippen LogP contribution >= 0.6 is 11.6 Å². The molecule has 0 spiro atoms. The highest BCUT2D eigenvalue weighted by Gasteiger charge is 2.13. The van der Waals surface area contributed by atoms with Crippen LogP contribution in [0.15, 0.2) is 24.8 Å². The van der Waals surface area contributed by atoms with Crippen LogP contribution in [-0.2, 0) is 0 Å². The quantitative estimate of drug-likeness (QED) is 0.831. The molecule has 15 heavy (non-hydrogen) atoms. The third kappa shape index (κ3) is 3.06. The second-order valence-corrected chi connectivity index (χ2v) is 4.29. The van der Waals surface area contributed by atoms with E-state index in [0.29, 0.717) is 5.02 Å². The van der Waals surface area contributed by atoms with E-state index in [1.54, 1.807) is 13.0 Å². The zero-order valence-electron chi connectivity index (χ0n) is 9.00. The fourth-order valence-corrected chi connectivity index (χ4v) is 1.58. The molecule has 0 aliphatic heterocycles. The summed E-state index contributed by atoms with van der Waals surface area (Å²) in [6.07, 6.45) is -0.693. The number of benzene rings is 1. The second kappa shape index (κ2) is 4.79. The fraction of sp³-hybridized carbons (Fsp3) is 0.333. The van der Waals surface area contributed by atoms with Crippen LogP contribution in [0.25, 0.3) is 5.57 Å². The molecule has 2 atom stereocenters. The van der Waals surface area contributed by atoms with E-state index >= 15 is 0 Å². The summed E-state index contributed by atoms with van der Waals surface area (Å²) in [5, 5.41) is 10.4. The predicted molar refractivity (Wildman–Crippen MR) is 64.8 cm³/mol. The van der Waals surface area contributed by atoms with Crippen molar-refractivity contribution in [3.8, 4) is 0 Å². The smallest absolute Gasteiger partial charge is 0.0938 e. The van der Waals surface area contributed by atoms with Crippen LogP contribution in [0.4, 0.5) is 0 Å². The lowest BCUT2D eigenvalue weighted by atomic mass is 9.99. The highest BCUT2D eigenvalue weighted by atomic mass is 35.5. The Hall–Kier alpha value is -0.830. The molecule has 0 aliphatic rings. The van der Waals surface area contributed by atoms with Crippen molar-refractivity contribution in [2.75, 3.05) is 0 Å². The van der Waals surface area contributed by atoms with E-state index in [9.17, 15) is 5.11 Å². The van der Waals surface area contributed by atoms with Crippen LogP contribution in [0.3, 0.4) is 0 Å². The van der Waals surface area contributed by atoms with Crippen LogP contribution in [0.2, 0.25) is 5.02 Å². The van der Waals surface area contributed by atoms with Crippen molar-refractivity contribution < 1.29 is 5.11 Å². The molecule has 2 unspecified atom stereocenters. The van der Waals surface area contributed by atoms with Crippen LogP contribution in [-0.4, -0.2) is 11.1 Å². The Kier molecular flexibility index (Phi) is 3.91. The molecule has 0 bridgehead atoms. The number of halogens is 1. The zero-order chi connectivity index (χ0) is 11.6. The van der Waals surface area contributed by atoms with Gasteiger partial charge in [0.05, 0.1) is 6.10 Å². The van der Waals surface area contributed by atoms with E-state index in [2.05, 4.69) is 6.58 Å². The number of aliphatic hydroxyl groups is 1. The average molecular weight is 226 g/mol. The Morgan fingerprint density at radius 3 is 2.53 bits per heavy atom. The standard InChI is InChI=1S/C12H16ClNO/c1-7(2)9-4-10(6-11(13)5-9)12(15)8(3)14/h4-6,8,12,15H,1,14H2,2-3H3. The van der Waals surface area contributed by atoms with Gasteiger partial charge >= 0.3 is 0 Å². The average Bonchev–Trinajstić information content (AvgIpc) is 2.15. The summed E-state index contributed by atoms with van der Waals surface area (Å²) < 4.78 is 0. The number of nitrogens with two attached hydrogens (primary N) is 1. The molecule has 2 nitrogen and oxygen atoms in total. The first-order valence-electron chi connectivity index (χ1n) is 4.82. The molecule has 3 N–H and O–H groups in total. The van der Waals surface area contributed by atoms with E-state index in [1.807, 2.05) is 19.1 Å². The molecule has 0 radical (unpaired) electrons. The Balaban J connectivity index is 3.14. The van der Waals surface area contributed by atoms with Gasteiger partial charge < -0.3 is 10.8 Å². The van der Waals surface area contributed by atoms with Gasteiger partial charge in [-0.25, -0.2) is 0 Å². The van der Waals surface area contributed by atoms with Crippen LogP contribution in [0.5, 0.6) is 0 Å². The molecule has 1 aromatic rings. The van der Waals surface area contributed by atoms with E-state index in [-0.39, 0.29) is 6.04 Å². The number of rotatable bonds is 3. The number of aliphatic hydroxyl groups excluding tert-OH is 1. The fourth-order valence-electron chi connectivity index (χ4n) is 1.33. The van der Waals surface area contributed by atoms with Gasteiger partial charge in [-0.15, -0.1) is 0 Å². The molecule has 0 aromatic heterocycles. The first-order valence-corrected chi connectivity index (χ1v) is 5.19. The minimum absolute atomic E-state index is 0.318. The van der Waals surface area contributed by atoms with Crippen molar-refractivity contribution in [1.82, 2.24) is 0 Å². The van der Waals surface area contributed by atoms with E-state index < -0.39 is 6.10 Å². The van der Waals surface area contributed by atoms with Crippen molar-refractivity contribution in [2.24, 2.45) is 5.73 Å². The Morgan fingerprint density at radius 2 is 2.07 bits per heavy atom. The van der Waals surface area contributed by atoms with Gasteiger partial charge in [0.2, 0.25) is 0 Å². The molecule has 0 saturated carbocycles. The maximum Gasteiger partial charge on any atom is 0.0938 e. The highest BCUT2D eigenvalue weighted by Crippen LogP contribution is 2.25. The Bertz CT molecular complexity index is 374. The summed E-state index contributed by atoms with van der Waals surface area (Å²) in [4.78, 5) is 0. The monoisotopic (exact) mass is 225 g/mol. The normalized spacial score (nSPS) is 14.7. The molecule has 0 aliphatic carbocycles. The minimum atomic E-state index is -0.693. The molecule has 0 amide bonds. The Morgan fingerprint density at radius 1 is 1.47 bits per heavy atom. The van der Waals surface area contributed by atoms with Gasteiger partial charge in [-0.05, 0) is 43.2 Å². The summed E-state index contributed by atoms with van der Waals surface area (Å²) in [5.74, 6) is 0. The van der Waals surface area contributed by atoms with Crippen LogP contribution in [0, 0.1) is 0 Å². The molecule has 0 saturated heterocycles. The first kappa shape index (κ1) is 12.2. The van der Waals surface area contributed by atoms with Gasteiger partial charge in [0.25, 0.3) is 0 Å².